The highest BCUT2D eigenvalue weighted by molar-refractivity contribution is 5.97. The zero-order valence-corrected chi connectivity index (χ0v) is 14.4. The van der Waals surface area contributed by atoms with E-state index in [0.717, 1.165) is 6.54 Å². The number of hydrogen-bond donors (Lipinski definition) is 2. The molecule has 6 heteroatoms. The van der Waals surface area contributed by atoms with E-state index in [1.54, 1.807) is 7.05 Å². The van der Waals surface area contributed by atoms with Gasteiger partial charge in [-0.3, -0.25) is 19.5 Å². The van der Waals surface area contributed by atoms with Crippen molar-refractivity contribution in [3.05, 3.63) is 35.9 Å². The Bertz CT molecular complexity index is 570. The third-order valence-electron chi connectivity index (χ3n) is 4.18. The SMILES string of the molecule is CN=C(NCCN1C(=O)CCCC1=O)NCC(C)c1ccccc1. The Kier molecular flexibility index (Phi) is 6.78. The first-order valence-electron chi connectivity index (χ1n) is 8.44. The van der Waals surface area contributed by atoms with Gasteiger partial charge in [0.05, 0.1) is 0 Å². The van der Waals surface area contributed by atoms with Crippen LogP contribution in [0.4, 0.5) is 0 Å². The molecule has 1 aliphatic heterocycles. The van der Waals surface area contributed by atoms with Gasteiger partial charge in [0.15, 0.2) is 5.96 Å². The van der Waals surface area contributed by atoms with Crippen LogP contribution in [0.3, 0.4) is 0 Å². The van der Waals surface area contributed by atoms with E-state index < -0.39 is 0 Å². The first-order chi connectivity index (χ1) is 11.6. The molecule has 1 saturated heterocycles. The molecule has 1 atom stereocenters. The van der Waals surface area contributed by atoms with Gasteiger partial charge in [0, 0.05) is 39.5 Å². The molecule has 0 spiro atoms. The molecule has 1 heterocycles. The molecule has 0 radical (unpaired) electrons. The summed E-state index contributed by atoms with van der Waals surface area (Å²) in [6.45, 7) is 3.79. The minimum absolute atomic E-state index is 0.0753. The molecule has 0 saturated carbocycles. The minimum Gasteiger partial charge on any atom is -0.356 e. The fraction of sp³-hybridized carbons (Fsp3) is 0.500. The number of hydrogen-bond acceptors (Lipinski definition) is 3. The highest BCUT2D eigenvalue weighted by atomic mass is 16.2. The van der Waals surface area contributed by atoms with Crippen molar-refractivity contribution in [2.75, 3.05) is 26.7 Å². The Hall–Kier alpha value is -2.37. The van der Waals surface area contributed by atoms with Crippen LogP contribution in [0.1, 0.15) is 37.7 Å². The van der Waals surface area contributed by atoms with Crippen LogP contribution in [-0.4, -0.2) is 49.4 Å². The first-order valence-corrected chi connectivity index (χ1v) is 8.44. The molecule has 2 rings (SSSR count). The van der Waals surface area contributed by atoms with Crippen molar-refractivity contribution >= 4 is 17.8 Å². The molecular weight excluding hydrogens is 304 g/mol. The van der Waals surface area contributed by atoms with Gasteiger partial charge in [-0.1, -0.05) is 37.3 Å². The summed E-state index contributed by atoms with van der Waals surface area (Å²) < 4.78 is 0. The number of nitrogens with one attached hydrogen (secondary N) is 2. The van der Waals surface area contributed by atoms with Gasteiger partial charge < -0.3 is 10.6 Å². The molecule has 2 amide bonds. The lowest BCUT2D eigenvalue weighted by Gasteiger charge is -2.25. The van der Waals surface area contributed by atoms with E-state index in [1.165, 1.54) is 10.5 Å². The molecule has 6 nitrogen and oxygen atoms in total. The number of amides is 2. The van der Waals surface area contributed by atoms with Crippen molar-refractivity contribution < 1.29 is 9.59 Å². The fourth-order valence-corrected chi connectivity index (χ4v) is 2.71. The predicted molar refractivity (Wildman–Crippen MR) is 94.8 cm³/mol. The molecule has 0 aliphatic carbocycles. The average molecular weight is 330 g/mol. The Labute approximate surface area is 143 Å². The van der Waals surface area contributed by atoms with Gasteiger partial charge >= 0.3 is 0 Å². The summed E-state index contributed by atoms with van der Waals surface area (Å²) in [5.74, 6) is 0.882. The van der Waals surface area contributed by atoms with Gasteiger partial charge in [-0.15, -0.1) is 0 Å². The number of aliphatic imine (C=N–C) groups is 1. The molecule has 1 unspecified atom stereocenters. The van der Waals surface area contributed by atoms with E-state index in [2.05, 4.69) is 34.7 Å². The molecule has 1 aliphatic rings. The van der Waals surface area contributed by atoms with Crippen molar-refractivity contribution in [3.8, 4) is 0 Å². The fourth-order valence-electron chi connectivity index (χ4n) is 2.71. The highest BCUT2D eigenvalue weighted by Gasteiger charge is 2.25. The van der Waals surface area contributed by atoms with Crippen molar-refractivity contribution in [2.24, 2.45) is 4.99 Å². The maximum atomic E-state index is 11.8. The molecule has 1 fully saturated rings. The maximum Gasteiger partial charge on any atom is 0.229 e. The second-order valence-electron chi connectivity index (χ2n) is 5.98. The van der Waals surface area contributed by atoms with Gasteiger partial charge in [0.1, 0.15) is 0 Å². The standard InChI is InChI=1S/C18H26N4O2/c1-14(15-7-4-3-5-8-15)13-21-18(19-2)20-11-12-22-16(23)9-6-10-17(22)24/h3-5,7-8,14H,6,9-13H2,1-2H3,(H2,19,20,21). The van der Waals surface area contributed by atoms with Gasteiger partial charge in [-0.25, -0.2) is 0 Å². The lowest BCUT2D eigenvalue weighted by atomic mass is 10.0. The number of likely N-dealkylation sites (tertiary alicyclic amines) is 1. The van der Waals surface area contributed by atoms with E-state index in [9.17, 15) is 9.59 Å². The quantitative estimate of drug-likeness (QED) is 0.471. The van der Waals surface area contributed by atoms with Gasteiger partial charge in [-0.2, -0.15) is 0 Å². The normalized spacial score (nSPS) is 16.9. The average Bonchev–Trinajstić information content (AvgIpc) is 2.60. The zero-order chi connectivity index (χ0) is 17.4. The van der Waals surface area contributed by atoms with Crippen LogP contribution < -0.4 is 10.6 Å². The third-order valence-corrected chi connectivity index (χ3v) is 4.18. The summed E-state index contributed by atoms with van der Waals surface area (Å²) in [4.78, 5) is 29.0. The summed E-state index contributed by atoms with van der Waals surface area (Å²) in [6, 6.07) is 10.3. The summed E-state index contributed by atoms with van der Waals surface area (Å²) in [7, 11) is 1.71. The van der Waals surface area contributed by atoms with Gasteiger partial charge in [-0.05, 0) is 17.9 Å². The molecule has 2 N–H and O–H groups in total. The van der Waals surface area contributed by atoms with Gasteiger partial charge in [0.25, 0.3) is 0 Å². The van der Waals surface area contributed by atoms with Crippen LogP contribution in [0, 0.1) is 0 Å². The Morgan fingerprint density at radius 3 is 2.46 bits per heavy atom. The van der Waals surface area contributed by atoms with Crippen LogP contribution >= 0.6 is 0 Å². The minimum atomic E-state index is -0.0753. The maximum absolute atomic E-state index is 11.8. The van der Waals surface area contributed by atoms with Crippen LogP contribution in [0.25, 0.3) is 0 Å². The number of carbonyl (C=O) groups is 2. The van der Waals surface area contributed by atoms with Crippen molar-refractivity contribution in [3.63, 3.8) is 0 Å². The third kappa shape index (κ3) is 5.08. The van der Waals surface area contributed by atoms with Crippen LogP contribution in [0.5, 0.6) is 0 Å². The number of piperidine rings is 1. The molecule has 1 aromatic carbocycles. The monoisotopic (exact) mass is 330 g/mol. The second-order valence-corrected chi connectivity index (χ2v) is 5.98. The van der Waals surface area contributed by atoms with Gasteiger partial charge in [0.2, 0.25) is 11.8 Å². The topological polar surface area (TPSA) is 73.8 Å². The second kappa shape index (κ2) is 9.05. The van der Waals surface area contributed by atoms with Crippen molar-refractivity contribution in [2.45, 2.75) is 32.1 Å². The number of benzene rings is 1. The molecule has 24 heavy (non-hydrogen) atoms. The zero-order valence-electron chi connectivity index (χ0n) is 14.4. The molecular formula is C18H26N4O2. The molecule has 0 bridgehead atoms. The number of rotatable bonds is 6. The van der Waals surface area contributed by atoms with Crippen molar-refractivity contribution in [1.82, 2.24) is 15.5 Å². The van der Waals surface area contributed by atoms with Crippen LogP contribution in [-0.2, 0) is 9.59 Å². The van der Waals surface area contributed by atoms with E-state index in [0.29, 0.717) is 44.2 Å². The van der Waals surface area contributed by atoms with E-state index in [4.69, 9.17) is 0 Å². The van der Waals surface area contributed by atoms with Crippen LogP contribution in [0.15, 0.2) is 35.3 Å². The Balaban J connectivity index is 1.74. The predicted octanol–water partition coefficient (Wildman–Crippen LogP) is 1.49. The van der Waals surface area contributed by atoms with E-state index in [1.807, 2.05) is 18.2 Å². The number of carbonyl (C=O) groups excluding carboxylic acids is 2. The summed E-state index contributed by atoms with van der Waals surface area (Å²) >= 11 is 0. The van der Waals surface area contributed by atoms with E-state index >= 15 is 0 Å². The number of nitrogens with zero attached hydrogens (tertiary/aromatic N) is 2. The smallest absolute Gasteiger partial charge is 0.229 e. The summed E-state index contributed by atoms with van der Waals surface area (Å²) in [5.41, 5.74) is 1.27. The summed E-state index contributed by atoms with van der Waals surface area (Å²) in [5, 5.41) is 6.44. The van der Waals surface area contributed by atoms with Crippen LogP contribution in [0.2, 0.25) is 0 Å². The lowest BCUT2D eigenvalue weighted by molar-refractivity contribution is -0.147. The first kappa shape index (κ1) is 18.0. The van der Waals surface area contributed by atoms with Crippen molar-refractivity contribution in [1.29, 1.82) is 0 Å². The Morgan fingerprint density at radius 1 is 1.17 bits per heavy atom. The molecule has 0 aromatic heterocycles. The highest BCUT2D eigenvalue weighted by Crippen LogP contribution is 2.13. The molecule has 1 aromatic rings. The number of guanidine groups is 1. The van der Waals surface area contributed by atoms with E-state index in [-0.39, 0.29) is 11.8 Å². The Morgan fingerprint density at radius 2 is 1.83 bits per heavy atom. The number of imide groups is 1. The largest absolute Gasteiger partial charge is 0.356 e. The lowest BCUT2D eigenvalue weighted by Crippen LogP contribution is -2.46. The molecule has 130 valence electrons. The summed E-state index contributed by atoms with van der Waals surface area (Å²) in [6.07, 6.45) is 1.60.